The van der Waals surface area contributed by atoms with Crippen LogP contribution in [-0.2, 0) is 11.3 Å². The minimum Gasteiger partial charge on any atom is -0.342 e. The van der Waals surface area contributed by atoms with Crippen molar-refractivity contribution in [2.45, 2.75) is 25.5 Å². The average Bonchev–Trinajstić information content (AvgIpc) is 3.11. The van der Waals surface area contributed by atoms with Gasteiger partial charge in [0.15, 0.2) is 5.16 Å². The van der Waals surface area contributed by atoms with E-state index in [2.05, 4.69) is 20.5 Å². The van der Waals surface area contributed by atoms with Crippen LogP contribution in [0.2, 0.25) is 0 Å². The van der Waals surface area contributed by atoms with Crippen LogP contribution in [0.3, 0.4) is 0 Å². The molecule has 162 valence electrons. The molecule has 2 aromatic heterocycles. The summed E-state index contributed by atoms with van der Waals surface area (Å²) in [6, 6.07) is 16.4. The number of fused-ring (bicyclic) bond motifs is 1. The van der Waals surface area contributed by atoms with Gasteiger partial charge in [-0.05, 0) is 32.0 Å². The molecule has 0 radical (unpaired) electrons. The van der Waals surface area contributed by atoms with E-state index in [1.807, 2.05) is 61.0 Å². The molecule has 4 aromatic rings. The standard InChI is InChI=1S/C24H22FN5OS/c1-16-11-17(2)28-24(27-16)32-15-23(31)29-26-12-19-14-30(22-10-6-4-8-20(19)22)13-18-7-3-5-9-21(18)25/h3-12,14H,13,15H2,1-2H3,(H,29,31)/b26-12-. The fraction of sp³-hybridized carbons (Fsp3) is 0.167. The summed E-state index contributed by atoms with van der Waals surface area (Å²) in [4.78, 5) is 20.8. The van der Waals surface area contributed by atoms with Gasteiger partial charge in [0.2, 0.25) is 0 Å². The number of hydrazone groups is 1. The summed E-state index contributed by atoms with van der Waals surface area (Å²) < 4.78 is 16.1. The molecule has 0 spiro atoms. The van der Waals surface area contributed by atoms with Gasteiger partial charge in [-0.25, -0.2) is 19.8 Å². The largest absolute Gasteiger partial charge is 0.342 e. The summed E-state index contributed by atoms with van der Waals surface area (Å²) in [5.41, 5.74) is 6.69. The minimum absolute atomic E-state index is 0.162. The lowest BCUT2D eigenvalue weighted by Gasteiger charge is -2.06. The number of nitrogens with zero attached hydrogens (tertiary/aromatic N) is 4. The van der Waals surface area contributed by atoms with E-state index in [9.17, 15) is 9.18 Å². The summed E-state index contributed by atoms with van der Waals surface area (Å²) in [6.45, 7) is 4.19. The van der Waals surface area contributed by atoms with E-state index < -0.39 is 0 Å². The molecule has 0 aliphatic rings. The maximum atomic E-state index is 14.1. The number of aryl methyl sites for hydroxylation is 2. The van der Waals surface area contributed by atoms with Gasteiger partial charge >= 0.3 is 0 Å². The van der Waals surface area contributed by atoms with Gasteiger partial charge in [-0.3, -0.25) is 4.79 Å². The zero-order chi connectivity index (χ0) is 22.5. The Morgan fingerprint density at radius 1 is 1.12 bits per heavy atom. The molecule has 0 saturated carbocycles. The summed E-state index contributed by atoms with van der Waals surface area (Å²) in [6.07, 6.45) is 3.51. The number of thioether (sulfide) groups is 1. The molecule has 2 heterocycles. The number of para-hydroxylation sites is 1. The molecule has 4 rings (SSSR count). The van der Waals surface area contributed by atoms with E-state index in [1.165, 1.54) is 17.8 Å². The van der Waals surface area contributed by atoms with Crippen molar-refractivity contribution >= 4 is 34.8 Å². The maximum Gasteiger partial charge on any atom is 0.250 e. The summed E-state index contributed by atoms with van der Waals surface area (Å²) in [5.74, 6) is -0.322. The second kappa shape index (κ2) is 9.74. The van der Waals surface area contributed by atoms with Crippen molar-refractivity contribution in [2.24, 2.45) is 5.10 Å². The van der Waals surface area contributed by atoms with Crippen LogP contribution in [0, 0.1) is 19.7 Å². The first-order valence-electron chi connectivity index (χ1n) is 10.1. The van der Waals surface area contributed by atoms with E-state index in [0.717, 1.165) is 27.9 Å². The van der Waals surface area contributed by atoms with E-state index in [-0.39, 0.29) is 17.5 Å². The van der Waals surface area contributed by atoms with Crippen molar-refractivity contribution in [2.75, 3.05) is 5.75 Å². The maximum absolute atomic E-state index is 14.1. The number of aromatic nitrogens is 3. The van der Waals surface area contributed by atoms with E-state index in [4.69, 9.17) is 0 Å². The number of amides is 1. The Morgan fingerprint density at radius 3 is 2.62 bits per heavy atom. The van der Waals surface area contributed by atoms with Crippen molar-refractivity contribution < 1.29 is 9.18 Å². The predicted molar refractivity (Wildman–Crippen MR) is 125 cm³/mol. The summed E-state index contributed by atoms with van der Waals surface area (Å²) >= 11 is 1.26. The van der Waals surface area contributed by atoms with E-state index in [0.29, 0.717) is 17.3 Å². The molecule has 0 bridgehead atoms. The second-order valence-corrected chi connectivity index (χ2v) is 8.28. The van der Waals surface area contributed by atoms with Crippen molar-refractivity contribution in [3.63, 3.8) is 0 Å². The number of benzene rings is 2. The SMILES string of the molecule is Cc1cc(C)nc(SCC(=O)N/N=C\c2cn(Cc3ccccc3F)c3ccccc23)n1. The Morgan fingerprint density at radius 2 is 1.84 bits per heavy atom. The Hall–Kier alpha value is -3.52. The average molecular weight is 448 g/mol. The number of nitrogens with one attached hydrogen (secondary N) is 1. The van der Waals surface area contributed by atoms with E-state index in [1.54, 1.807) is 18.3 Å². The molecule has 0 aliphatic carbocycles. The second-order valence-electron chi connectivity index (χ2n) is 7.34. The highest BCUT2D eigenvalue weighted by atomic mass is 32.2. The van der Waals surface area contributed by atoms with Crippen molar-refractivity contribution in [1.82, 2.24) is 20.0 Å². The number of carbonyl (C=O) groups excluding carboxylic acids is 1. The quantitative estimate of drug-likeness (QED) is 0.196. The summed E-state index contributed by atoms with van der Waals surface area (Å²) in [5, 5.41) is 5.65. The molecule has 1 amide bonds. The van der Waals surface area contributed by atoms with Crippen LogP contribution in [0.15, 0.2) is 71.1 Å². The number of hydrogen-bond donors (Lipinski definition) is 1. The smallest absolute Gasteiger partial charge is 0.250 e. The first-order valence-corrected chi connectivity index (χ1v) is 11.1. The van der Waals surface area contributed by atoms with Crippen molar-refractivity contribution in [1.29, 1.82) is 0 Å². The molecule has 1 N–H and O–H groups in total. The molecule has 2 aromatic carbocycles. The Balaban J connectivity index is 1.44. The van der Waals surface area contributed by atoms with Crippen LogP contribution in [0.1, 0.15) is 22.5 Å². The first kappa shape index (κ1) is 21.7. The number of rotatable bonds is 7. The lowest BCUT2D eigenvalue weighted by Crippen LogP contribution is -2.19. The third kappa shape index (κ3) is 5.20. The molecule has 0 fully saturated rings. The lowest BCUT2D eigenvalue weighted by molar-refractivity contribution is -0.118. The highest BCUT2D eigenvalue weighted by molar-refractivity contribution is 7.99. The highest BCUT2D eigenvalue weighted by Crippen LogP contribution is 2.22. The predicted octanol–water partition coefficient (Wildman–Crippen LogP) is 4.48. The van der Waals surface area contributed by atoms with Crippen molar-refractivity contribution in [3.05, 3.63) is 89.1 Å². The number of carbonyl (C=O) groups is 1. The third-order valence-corrected chi connectivity index (χ3v) is 5.65. The monoisotopic (exact) mass is 447 g/mol. The highest BCUT2D eigenvalue weighted by Gasteiger charge is 2.10. The molecule has 0 atom stereocenters. The van der Waals surface area contributed by atoms with E-state index >= 15 is 0 Å². The zero-order valence-corrected chi connectivity index (χ0v) is 18.6. The van der Waals surface area contributed by atoms with Crippen molar-refractivity contribution in [3.8, 4) is 0 Å². The first-order chi connectivity index (χ1) is 15.5. The molecular weight excluding hydrogens is 425 g/mol. The van der Waals surface area contributed by atoms with Gasteiger partial charge in [-0.1, -0.05) is 48.2 Å². The van der Waals surface area contributed by atoms with Crippen LogP contribution in [0.4, 0.5) is 4.39 Å². The van der Waals surface area contributed by atoms with Crippen LogP contribution in [-0.4, -0.2) is 32.4 Å². The molecule has 0 aliphatic heterocycles. The minimum atomic E-state index is -0.246. The molecule has 6 nitrogen and oxygen atoms in total. The van der Waals surface area contributed by atoms with Crippen LogP contribution in [0.5, 0.6) is 0 Å². The van der Waals surface area contributed by atoms with Gasteiger partial charge in [-0.2, -0.15) is 5.10 Å². The number of hydrogen-bond acceptors (Lipinski definition) is 5. The van der Waals surface area contributed by atoms with Gasteiger partial charge in [0.05, 0.1) is 18.5 Å². The van der Waals surface area contributed by atoms with Gasteiger partial charge in [0, 0.05) is 39.6 Å². The topological polar surface area (TPSA) is 72.2 Å². The normalized spacial score (nSPS) is 11.3. The summed E-state index contributed by atoms with van der Waals surface area (Å²) in [7, 11) is 0. The Kier molecular flexibility index (Phi) is 6.61. The molecule has 32 heavy (non-hydrogen) atoms. The van der Waals surface area contributed by atoms with Crippen LogP contribution >= 0.6 is 11.8 Å². The Labute approximate surface area is 189 Å². The molecular formula is C24H22FN5OS. The zero-order valence-electron chi connectivity index (χ0n) is 17.7. The molecule has 0 saturated heterocycles. The number of halogens is 1. The fourth-order valence-corrected chi connectivity index (χ4v) is 4.16. The molecule has 8 heteroatoms. The van der Waals surface area contributed by atoms with Gasteiger partial charge in [0.1, 0.15) is 5.82 Å². The Bertz CT molecular complexity index is 1280. The molecule has 0 unspecified atom stereocenters. The van der Waals surface area contributed by atoms with Gasteiger partial charge in [0.25, 0.3) is 5.91 Å². The lowest BCUT2D eigenvalue weighted by atomic mass is 10.2. The van der Waals surface area contributed by atoms with Gasteiger partial charge in [-0.15, -0.1) is 0 Å². The van der Waals surface area contributed by atoms with Crippen LogP contribution < -0.4 is 5.43 Å². The van der Waals surface area contributed by atoms with Crippen LogP contribution in [0.25, 0.3) is 10.9 Å². The third-order valence-electron chi connectivity index (χ3n) is 4.80. The van der Waals surface area contributed by atoms with Gasteiger partial charge < -0.3 is 4.57 Å². The fourth-order valence-electron chi connectivity index (χ4n) is 3.41.